The van der Waals surface area contributed by atoms with E-state index in [9.17, 15) is 10.2 Å². The fraction of sp³-hybridized carbons (Fsp3) is 0.400. The molecule has 1 aliphatic heterocycles. The Morgan fingerprint density at radius 2 is 2.05 bits per heavy atom. The third kappa shape index (κ3) is 2.19. The molecule has 0 amide bonds. The van der Waals surface area contributed by atoms with Crippen molar-refractivity contribution in [2.24, 2.45) is 0 Å². The highest BCUT2D eigenvalue weighted by molar-refractivity contribution is 5.55. The Kier molecular flexibility index (Phi) is 3.46. The number of rotatable bonds is 3. The van der Waals surface area contributed by atoms with Crippen molar-refractivity contribution in [3.8, 4) is 5.69 Å². The number of aryl methyl sites for hydroxylation is 1. The van der Waals surface area contributed by atoms with Crippen molar-refractivity contribution < 1.29 is 10.2 Å². The molecule has 5 nitrogen and oxygen atoms in total. The van der Waals surface area contributed by atoms with E-state index < -0.39 is 0 Å². The van der Waals surface area contributed by atoms with Crippen molar-refractivity contribution in [3.63, 3.8) is 0 Å². The molecule has 2 heterocycles. The van der Waals surface area contributed by atoms with Crippen molar-refractivity contribution >= 4 is 5.82 Å². The zero-order valence-electron chi connectivity index (χ0n) is 11.5. The molecule has 0 bridgehead atoms. The van der Waals surface area contributed by atoms with Gasteiger partial charge in [0.1, 0.15) is 5.82 Å². The molecule has 5 heteroatoms. The molecule has 2 aromatic rings. The van der Waals surface area contributed by atoms with Gasteiger partial charge in [0.2, 0.25) is 0 Å². The second-order valence-corrected chi connectivity index (χ2v) is 5.18. The molecule has 1 saturated heterocycles. The summed E-state index contributed by atoms with van der Waals surface area (Å²) >= 11 is 0. The summed E-state index contributed by atoms with van der Waals surface area (Å²) in [7, 11) is 0. The number of anilines is 1. The molecule has 2 N–H and O–H groups in total. The number of benzene rings is 1. The van der Waals surface area contributed by atoms with E-state index in [1.165, 1.54) is 0 Å². The highest BCUT2D eigenvalue weighted by atomic mass is 16.3. The number of β-amino-alcohol motifs (C(OH)–C–C–N with tert-alkyl or cyclic N) is 1. The summed E-state index contributed by atoms with van der Waals surface area (Å²) in [5.74, 6) is 0.896. The Balaban J connectivity index is 2.10. The summed E-state index contributed by atoms with van der Waals surface area (Å²) in [6.45, 7) is 3.23. The maximum Gasteiger partial charge on any atom is 0.138 e. The number of aliphatic hydroxyl groups is 2. The lowest BCUT2D eigenvalue weighted by molar-refractivity contribution is 0.198. The van der Waals surface area contributed by atoms with Crippen LogP contribution in [0.25, 0.3) is 5.69 Å². The van der Waals surface area contributed by atoms with Gasteiger partial charge in [0.05, 0.1) is 24.1 Å². The lowest BCUT2D eigenvalue weighted by Crippen LogP contribution is -2.25. The highest BCUT2D eigenvalue weighted by Gasteiger charge is 2.27. The molecular weight excluding hydrogens is 254 g/mol. The van der Waals surface area contributed by atoms with Crippen molar-refractivity contribution in [1.29, 1.82) is 0 Å². The van der Waals surface area contributed by atoms with E-state index in [2.05, 4.69) is 10.00 Å². The molecule has 3 rings (SSSR count). The minimum absolute atomic E-state index is 0.0411. The van der Waals surface area contributed by atoms with Gasteiger partial charge in [-0.05, 0) is 25.5 Å². The normalized spacial score (nSPS) is 18.8. The van der Waals surface area contributed by atoms with E-state index >= 15 is 0 Å². The lowest BCUT2D eigenvalue weighted by Gasteiger charge is -2.20. The summed E-state index contributed by atoms with van der Waals surface area (Å²) in [5, 5.41) is 24.0. The molecule has 0 radical (unpaired) electrons. The second-order valence-electron chi connectivity index (χ2n) is 5.18. The van der Waals surface area contributed by atoms with Gasteiger partial charge in [0, 0.05) is 18.7 Å². The van der Waals surface area contributed by atoms with E-state index in [0.29, 0.717) is 6.54 Å². The van der Waals surface area contributed by atoms with Gasteiger partial charge in [-0.25, -0.2) is 4.68 Å². The molecule has 1 atom stereocenters. The van der Waals surface area contributed by atoms with E-state index in [-0.39, 0.29) is 12.7 Å². The van der Waals surface area contributed by atoms with E-state index in [0.717, 1.165) is 35.7 Å². The van der Waals surface area contributed by atoms with Crippen molar-refractivity contribution in [1.82, 2.24) is 9.78 Å². The second kappa shape index (κ2) is 5.26. The van der Waals surface area contributed by atoms with Crippen LogP contribution in [-0.4, -0.2) is 39.2 Å². The molecule has 1 fully saturated rings. The molecule has 1 unspecified atom stereocenters. The first kappa shape index (κ1) is 13.1. The van der Waals surface area contributed by atoms with Crippen LogP contribution in [0.3, 0.4) is 0 Å². The number of hydrogen-bond donors (Lipinski definition) is 2. The highest BCUT2D eigenvalue weighted by Crippen LogP contribution is 2.30. The van der Waals surface area contributed by atoms with Crippen molar-refractivity contribution in [3.05, 3.63) is 41.6 Å². The monoisotopic (exact) mass is 273 g/mol. The third-order valence-electron chi connectivity index (χ3n) is 3.78. The Bertz CT molecular complexity index is 595. The summed E-state index contributed by atoms with van der Waals surface area (Å²) in [5.41, 5.74) is 2.63. The van der Waals surface area contributed by atoms with Crippen LogP contribution in [0.2, 0.25) is 0 Å². The van der Waals surface area contributed by atoms with Gasteiger partial charge < -0.3 is 15.1 Å². The molecule has 0 aliphatic carbocycles. The number of nitrogens with zero attached hydrogens (tertiary/aromatic N) is 3. The van der Waals surface area contributed by atoms with Crippen LogP contribution < -0.4 is 4.90 Å². The smallest absolute Gasteiger partial charge is 0.138 e. The van der Waals surface area contributed by atoms with Crippen LogP contribution >= 0.6 is 0 Å². The maximum atomic E-state index is 9.76. The van der Waals surface area contributed by atoms with E-state index in [1.807, 2.05) is 41.9 Å². The minimum atomic E-state index is -0.305. The van der Waals surface area contributed by atoms with E-state index in [1.54, 1.807) is 0 Å². The Hall–Kier alpha value is -1.85. The van der Waals surface area contributed by atoms with E-state index in [4.69, 9.17) is 0 Å². The summed E-state index contributed by atoms with van der Waals surface area (Å²) in [6.07, 6.45) is 0.449. The third-order valence-corrected chi connectivity index (χ3v) is 3.78. The van der Waals surface area contributed by atoms with Gasteiger partial charge in [-0.1, -0.05) is 18.2 Å². The number of aromatic nitrogens is 2. The summed E-state index contributed by atoms with van der Waals surface area (Å²) in [4.78, 5) is 2.10. The Labute approximate surface area is 118 Å². The number of aliphatic hydroxyl groups excluding tert-OH is 2. The fourth-order valence-electron chi connectivity index (χ4n) is 2.74. The van der Waals surface area contributed by atoms with Gasteiger partial charge in [-0.2, -0.15) is 5.10 Å². The molecule has 0 saturated carbocycles. The average Bonchev–Trinajstić information content (AvgIpc) is 3.03. The van der Waals surface area contributed by atoms with Gasteiger partial charge in [0.25, 0.3) is 0 Å². The quantitative estimate of drug-likeness (QED) is 0.883. The van der Waals surface area contributed by atoms with Crippen LogP contribution in [0.1, 0.15) is 17.7 Å². The maximum absolute atomic E-state index is 9.76. The van der Waals surface area contributed by atoms with Gasteiger partial charge in [0.15, 0.2) is 0 Å². The van der Waals surface area contributed by atoms with Crippen LogP contribution in [0.15, 0.2) is 30.3 Å². The zero-order chi connectivity index (χ0) is 14.1. The first-order chi connectivity index (χ1) is 9.70. The average molecular weight is 273 g/mol. The first-order valence-electron chi connectivity index (χ1n) is 6.88. The number of hydrogen-bond acceptors (Lipinski definition) is 4. The lowest BCUT2D eigenvalue weighted by atomic mass is 10.2. The minimum Gasteiger partial charge on any atom is -0.391 e. The summed E-state index contributed by atoms with van der Waals surface area (Å²) < 4.78 is 1.86. The predicted molar refractivity (Wildman–Crippen MR) is 77.1 cm³/mol. The molecule has 20 heavy (non-hydrogen) atoms. The Morgan fingerprint density at radius 3 is 2.65 bits per heavy atom. The van der Waals surface area contributed by atoms with Gasteiger partial charge >= 0.3 is 0 Å². The molecule has 1 aromatic carbocycles. The first-order valence-corrected chi connectivity index (χ1v) is 6.88. The van der Waals surface area contributed by atoms with Crippen LogP contribution in [0.4, 0.5) is 5.82 Å². The van der Waals surface area contributed by atoms with Gasteiger partial charge in [-0.3, -0.25) is 0 Å². The number of para-hydroxylation sites is 1. The molecule has 1 aliphatic rings. The molecule has 106 valence electrons. The topological polar surface area (TPSA) is 61.5 Å². The SMILES string of the molecule is Cc1nn(-c2ccccc2)c(N2CCC(O)C2)c1CO. The van der Waals surface area contributed by atoms with Crippen LogP contribution in [0, 0.1) is 6.92 Å². The predicted octanol–water partition coefficient (Wildman–Crippen LogP) is 1.24. The Morgan fingerprint density at radius 1 is 1.30 bits per heavy atom. The molecular formula is C15H19N3O2. The van der Waals surface area contributed by atoms with Crippen molar-refractivity contribution in [2.75, 3.05) is 18.0 Å². The zero-order valence-corrected chi connectivity index (χ0v) is 11.5. The standard InChI is InChI=1S/C15H19N3O2/c1-11-14(10-19)15(17-8-7-13(20)9-17)18(16-11)12-5-3-2-4-6-12/h2-6,13,19-20H,7-10H2,1H3. The fourth-order valence-corrected chi connectivity index (χ4v) is 2.74. The van der Waals surface area contributed by atoms with Gasteiger partial charge in [-0.15, -0.1) is 0 Å². The molecule has 1 aromatic heterocycles. The molecule has 0 spiro atoms. The largest absolute Gasteiger partial charge is 0.391 e. The van der Waals surface area contributed by atoms with Crippen LogP contribution in [-0.2, 0) is 6.61 Å². The van der Waals surface area contributed by atoms with Crippen molar-refractivity contribution in [2.45, 2.75) is 26.1 Å². The van der Waals surface area contributed by atoms with Crippen LogP contribution in [0.5, 0.6) is 0 Å². The summed E-state index contributed by atoms with van der Waals surface area (Å²) in [6, 6.07) is 9.88.